The number of ether oxygens (including phenoxy) is 2. The predicted molar refractivity (Wildman–Crippen MR) is 126 cm³/mol. The Labute approximate surface area is 194 Å². The van der Waals surface area contributed by atoms with Crippen LogP contribution in [-0.4, -0.2) is 29.9 Å². The first-order valence-corrected chi connectivity index (χ1v) is 10.6. The second kappa shape index (κ2) is 10.5. The van der Waals surface area contributed by atoms with Gasteiger partial charge in [0.05, 0.1) is 13.2 Å². The van der Waals surface area contributed by atoms with Crippen molar-refractivity contribution in [3.05, 3.63) is 88.5 Å². The monoisotopic (exact) mass is 442 g/mol. The minimum absolute atomic E-state index is 0.0380. The summed E-state index contributed by atoms with van der Waals surface area (Å²) in [7, 11) is 0. The molecule has 0 fully saturated rings. The van der Waals surface area contributed by atoms with Crippen LogP contribution in [0.3, 0.4) is 0 Å². The van der Waals surface area contributed by atoms with E-state index in [-0.39, 0.29) is 12.1 Å². The number of imide groups is 1. The van der Waals surface area contributed by atoms with Gasteiger partial charge in [0.15, 0.2) is 11.5 Å². The highest BCUT2D eigenvalue weighted by Gasteiger charge is 2.35. The SMILES string of the molecule is C=CCOc1ccc(/C=C2/C(=O)N(Cc3ccc(C)cc3)C(=O)C(C#N)=C2C)cc1OCC. The van der Waals surface area contributed by atoms with Gasteiger partial charge in [-0.15, -0.1) is 0 Å². The summed E-state index contributed by atoms with van der Waals surface area (Å²) in [6.45, 7) is 9.97. The average Bonchev–Trinajstić information content (AvgIpc) is 2.81. The topological polar surface area (TPSA) is 79.6 Å². The fraction of sp³-hybridized carbons (Fsp3) is 0.222. The summed E-state index contributed by atoms with van der Waals surface area (Å²) >= 11 is 0. The zero-order valence-corrected chi connectivity index (χ0v) is 19.1. The molecule has 2 aromatic carbocycles. The van der Waals surface area contributed by atoms with Crippen molar-refractivity contribution in [2.24, 2.45) is 0 Å². The second-order valence-electron chi connectivity index (χ2n) is 7.59. The Morgan fingerprint density at radius 2 is 1.76 bits per heavy atom. The molecule has 2 aromatic rings. The van der Waals surface area contributed by atoms with Crippen molar-refractivity contribution in [2.75, 3.05) is 13.2 Å². The van der Waals surface area contributed by atoms with Gasteiger partial charge in [-0.05, 0) is 55.7 Å². The lowest BCUT2D eigenvalue weighted by Crippen LogP contribution is -2.42. The molecule has 1 aliphatic rings. The molecule has 0 saturated carbocycles. The third kappa shape index (κ3) is 5.21. The summed E-state index contributed by atoms with van der Waals surface area (Å²) in [5.74, 6) is 0.0737. The van der Waals surface area contributed by atoms with E-state index < -0.39 is 11.8 Å². The maximum absolute atomic E-state index is 13.3. The number of carbonyl (C=O) groups excluding carboxylic acids is 2. The maximum Gasteiger partial charge on any atom is 0.271 e. The quantitative estimate of drug-likeness (QED) is 0.335. The minimum atomic E-state index is -0.582. The smallest absolute Gasteiger partial charge is 0.271 e. The van der Waals surface area contributed by atoms with E-state index in [0.29, 0.717) is 41.4 Å². The van der Waals surface area contributed by atoms with Crippen molar-refractivity contribution in [3.8, 4) is 17.6 Å². The third-order valence-electron chi connectivity index (χ3n) is 5.22. The number of amides is 2. The standard InChI is InChI=1S/C27H26N2O4/c1-5-13-33-24-12-11-21(15-25(24)32-6-2)14-22-19(4)23(16-28)27(31)29(26(22)30)17-20-9-7-18(3)8-10-20/h5,7-12,14-15H,1,6,13,17H2,2-4H3/b22-14+. The van der Waals surface area contributed by atoms with Crippen molar-refractivity contribution < 1.29 is 19.1 Å². The number of nitrogens with zero attached hydrogens (tertiary/aromatic N) is 2. The van der Waals surface area contributed by atoms with Gasteiger partial charge in [-0.2, -0.15) is 5.26 Å². The number of carbonyl (C=O) groups is 2. The molecule has 33 heavy (non-hydrogen) atoms. The molecule has 6 heteroatoms. The molecule has 0 aromatic heterocycles. The fourth-order valence-electron chi connectivity index (χ4n) is 3.47. The normalized spacial score (nSPS) is 15.0. The number of rotatable bonds is 8. The predicted octanol–water partition coefficient (Wildman–Crippen LogP) is 4.75. The second-order valence-corrected chi connectivity index (χ2v) is 7.59. The molecule has 0 N–H and O–H groups in total. The summed E-state index contributed by atoms with van der Waals surface area (Å²) in [6.07, 6.45) is 3.31. The van der Waals surface area contributed by atoms with E-state index in [1.54, 1.807) is 37.3 Å². The van der Waals surface area contributed by atoms with Crippen LogP contribution in [0.4, 0.5) is 0 Å². The van der Waals surface area contributed by atoms with Crippen molar-refractivity contribution in [2.45, 2.75) is 27.3 Å². The van der Waals surface area contributed by atoms with E-state index in [1.807, 2.05) is 44.2 Å². The highest BCUT2D eigenvalue weighted by molar-refractivity contribution is 6.19. The molecule has 0 atom stereocenters. The highest BCUT2D eigenvalue weighted by Crippen LogP contribution is 2.32. The van der Waals surface area contributed by atoms with Crippen molar-refractivity contribution in [1.82, 2.24) is 4.90 Å². The van der Waals surface area contributed by atoms with Crippen molar-refractivity contribution in [3.63, 3.8) is 0 Å². The summed E-state index contributed by atoms with van der Waals surface area (Å²) in [5, 5.41) is 9.62. The first kappa shape index (κ1) is 23.6. The zero-order valence-electron chi connectivity index (χ0n) is 19.1. The summed E-state index contributed by atoms with van der Waals surface area (Å²) in [5.41, 5.74) is 3.19. The molecular formula is C27H26N2O4. The van der Waals surface area contributed by atoms with Crippen LogP contribution in [-0.2, 0) is 16.1 Å². The van der Waals surface area contributed by atoms with Gasteiger partial charge in [0, 0.05) is 5.57 Å². The molecule has 168 valence electrons. The maximum atomic E-state index is 13.3. The molecule has 2 amide bonds. The van der Waals surface area contributed by atoms with E-state index >= 15 is 0 Å². The summed E-state index contributed by atoms with van der Waals surface area (Å²) in [4.78, 5) is 27.3. The van der Waals surface area contributed by atoms with Crippen LogP contribution in [0.15, 0.2) is 71.8 Å². The van der Waals surface area contributed by atoms with Gasteiger partial charge in [-0.3, -0.25) is 14.5 Å². The van der Waals surface area contributed by atoms with E-state index in [9.17, 15) is 14.9 Å². The van der Waals surface area contributed by atoms with Gasteiger partial charge in [0.1, 0.15) is 18.2 Å². The molecule has 0 saturated heterocycles. The van der Waals surface area contributed by atoms with Crippen LogP contribution in [0.2, 0.25) is 0 Å². The van der Waals surface area contributed by atoms with Crippen LogP contribution >= 0.6 is 0 Å². The molecule has 0 spiro atoms. The number of nitriles is 1. The lowest BCUT2D eigenvalue weighted by Gasteiger charge is -2.27. The van der Waals surface area contributed by atoms with Crippen LogP contribution < -0.4 is 9.47 Å². The number of hydrogen-bond acceptors (Lipinski definition) is 5. The molecule has 3 rings (SSSR count). The van der Waals surface area contributed by atoms with Gasteiger partial charge in [0.2, 0.25) is 0 Å². The van der Waals surface area contributed by atoms with Gasteiger partial charge in [-0.1, -0.05) is 48.6 Å². The van der Waals surface area contributed by atoms with Gasteiger partial charge in [-0.25, -0.2) is 0 Å². The summed E-state index contributed by atoms with van der Waals surface area (Å²) < 4.78 is 11.3. The Bertz CT molecular complexity index is 1180. The Kier molecular flexibility index (Phi) is 7.47. The molecule has 0 bridgehead atoms. The fourth-order valence-corrected chi connectivity index (χ4v) is 3.47. The van der Waals surface area contributed by atoms with Crippen LogP contribution in [0.5, 0.6) is 11.5 Å². The first-order valence-electron chi connectivity index (χ1n) is 10.6. The minimum Gasteiger partial charge on any atom is -0.490 e. The van der Waals surface area contributed by atoms with E-state index in [1.165, 1.54) is 0 Å². The Hall–Kier alpha value is -4.11. The largest absolute Gasteiger partial charge is 0.490 e. The van der Waals surface area contributed by atoms with Gasteiger partial charge < -0.3 is 9.47 Å². The zero-order chi connectivity index (χ0) is 24.0. The molecule has 0 aliphatic carbocycles. The van der Waals surface area contributed by atoms with Crippen LogP contribution in [0.25, 0.3) is 6.08 Å². The van der Waals surface area contributed by atoms with E-state index in [4.69, 9.17) is 9.47 Å². The van der Waals surface area contributed by atoms with E-state index in [2.05, 4.69) is 6.58 Å². The molecular weight excluding hydrogens is 416 g/mol. The lowest BCUT2D eigenvalue weighted by molar-refractivity contribution is -0.141. The third-order valence-corrected chi connectivity index (χ3v) is 5.22. The molecule has 0 radical (unpaired) electrons. The van der Waals surface area contributed by atoms with Crippen LogP contribution in [0.1, 0.15) is 30.5 Å². The highest BCUT2D eigenvalue weighted by atomic mass is 16.5. The van der Waals surface area contributed by atoms with Crippen molar-refractivity contribution >= 4 is 17.9 Å². The number of hydrogen-bond donors (Lipinski definition) is 0. The molecule has 6 nitrogen and oxygen atoms in total. The Morgan fingerprint density at radius 1 is 1.03 bits per heavy atom. The van der Waals surface area contributed by atoms with Gasteiger partial charge in [0.25, 0.3) is 11.8 Å². The van der Waals surface area contributed by atoms with Crippen LogP contribution in [0, 0.1) is 18.3 Å². The van der Waals surface area contributed by atoms with E-state index in [0.717, 1.165) is 16.0 Å². The Balaban J connectivity index is 2.02. The Morgan fingerprint density at radius 3 is 2.39 bits per heavy atom. The van der Waals surface area contributed by atoms with Gasteiger partial charge >= 0.3 is 0 Å². The summed E-state index contributed by atoms with van der Waals surface area (Å²) in [6, 6.07) is 14.9. The lowest BCUT2D eigenvalue weighted by atomic mass is 9.93. The molecule has 1 heterocycles. The van der Waals surface area contributed by atoms with Crippen molar-refractivity contribution in [1.29, 1.82) is 5.26 Å². The number of benzene rings is 2. The first-order chi connectivity index (χ1) is 15.9. The molecule has 0 unspecified atom stereocenters. The average molecular weight is 443 g/mol. The number of aryl methyl sites for hydroxylation is 1. The molecule has 1 aliphatic heterocycles.